The summed E-state index contributed by atoms with van der Waals surface area (Å²) in [4.78, 5) is 38.3. The van der Waals surface area contributed by atoms with Gasteiger partial charge in [0.15, 0.2) is 6.04 Å². The van der Waals surface area contributed by atoms with Gasteiger partial charge in [0.2, 0.25) is 5.91 Å². The van der Waals surface area contributed by atoms with Crippen molar-refractivity contribution in [1.29, 1.82) is 0 Å². The standard InChI is InChI=1S/C23H29F3N4O4/c24-23(25,26)16-11-15(30-9-10-34-12-18(30)31)7-8-17(16)28-22(33)20(21(27)32)29-19(13-3-1-4-13)14-5-2-6-14/h7-8,11,13-14,19-20,29H,1-6,9-10,12H2,(H2,27,32)(H,28,33)/t20-/m1/s1. The molecule has 0 spiro atoms. The molecule has 4 rings (SSSR count). The molecule has 4 N–H and O–H groups in total. The van der Waals surface area contributed by atoms with Gasteiger partial charge in [-0.2, -0.15) is 13.2 Å². The Morgan fingerprint density at radius 3 is 2.26 bits per heavy atom. The number of hydrogen-bond acceptors (Lipinski definition) is 5. The van der Waals surface area contributed by atoms with E-state index in [1.807, 2.05) is 0 Å². The molecule has 8 nitrogen and oxygen atoms in total. The second-order valence-electron chi connectivity index (χ2n) is 9.22. The zero-order valence-electron chi connectivity index (χ0n) is 18.7. The summed E-state index contributed by atoms with van der Waals surface area (Å²) in [5.74, 6) is -1.67. The van der Waals surface area contributed by atoms with Gasteiger partial charge in [-0.25, -0.2) is 0 Å². The smallest absolute Gasteiger partial charge is 0.370 e. The highest BCUT2D eigenvalue weighted by Gasteiger charge is 2.41. The molecule has 0 radical (unpaired) electrons. The van der Waals surface area contributed by atoms with Crippen LogP contribution in [0.2, 0.25) is 0 Å². The molecule has 1 aromatic carbocycles. The maximum absolute atomic E-state index is 13.8. The molecule has 3 fully saturated rings. The van der Waals surface area contributed by atoms with E-state index in [-0.39, 0.29) is 31.5 Å². The van der Waals surface area contributed by atoms with E-state index in [1.165, 1.54) is 11.0 Å². The molecular weight excluding hydrogens is 453 g/mol. The number of anilines is 2. The summed E-state index contributed by atoms with van der Waals surface area (Å²) in [7, 11) is 0. The highest BCUT2D eigenvalue weighted by atomic mass is 19.4. The fraction of sp³-hybridized carbons (Fsp3) is 0.609. The van der Waals surface area contributed by atoms with Crippen LogP contribution in [0.1, 0.15) is 44.1 Å². The number of halogens is 3. The topological polar surface area (TPSA) is 114 Å². The van der Waals surface area contributed by atoms with Gasteiger partial charge in [0.05, 0.1) is 17.9 Å². The van der Waals surface area contributed by atoms with Crippen molar-refractivity contribution in [2.45, 2.75) is 56.8 Å². The Morgan fingerprint density at radius 2 is 1.76 bits per heavy atom. The summed E-state index contributed by atoms with van der Waals surface area (Å²) in [6, 6.07) is 1.71. The van der Waals surface area contributed by atoms with Gasteiger partial charge in [0.1, 0.15) is 6.61 Å². The lowest BCUT2D eigenvalue weighted by Crippen LogP contribution is -2.58. The predicted octanol–water partition coefficient (Wildman–Crippen LogP) is 2.42. The van der Waals surface area contributed by atoms with E-state index in [4.69, 9.17) is 10.5 Å². The van der Waals surface area contributed by atoms with E-state index in [9.17, 15) is 27.6 Å². The van der Waals surface area contributed by atoms with E-state index >= 15 is 0 Å². The third-order valence-electron chi connectivity index (χ3n) is 7.09. The zero-order valence-corrected chi connectivity index (χ0v) is 18.7. The molecule has 0 unspecified atom stereocenters. The number of nitrogens with zero attached hydrogens (tertiary/aromatic N) is 1. The number of amides is 3. The number of hydrogen-bond donors (Lipinski definition) is 3. The number of ether oxygens (including phenoxy) is 1. The summed E-state index contributed by atoms with van der Waals surface area (Å²) >= 11 is 0. The highest BCUT2D eigenvalue weighted by molar-refractivity contribution is 6.10. The number of carbonyl (C=O) groups excluding carboxylic acids is 3. The van der Waals surface area contributed by atoms with Gasteiger partial charge in [-0.1, -0.05) is 12.8 Å². The van der Waals surface area contributed by atoms with Gasteiger partial charge in [-0.3, -0.25) is 19.7 Å². The predicted molar refractivity (Wildman–Crippen MR) is 118 cm³/mol. The second-order valence-corrected chi connectivity index (χ2v) is 9.22. The molecule has 3 aliphatic rings. The molecule has 1 aliphatic heterocycles. The lowest BCUT2D eigenvalue weighted by atomic mass is 9.68. The number of nitrogens with one attached hydrogen (secondary N) is 2. The van der Waals surface area contributed by atoms with E-state index < -0.39 is 41.2 Å². The van der Waals surface area contributed by atoms with E-state index in [0.717, 1.165) is 50.7 Å². The Hall–Kier alpha value is -2.66. The average Bonchev–Trinajstić information content (AvgIpc) is 2.69. The molecule has 34 heavy (non-hydrogen) atoms. The fourth-order valence-electron chi connectivity index (χ4n) is 4.77. The minimum Gasteiger partial charge on any atom is -0.370 e. The Balaban J connectivity index is 1.54. The third kappa shape index (κ3) is 5.20. The van der Waals surface area contributed by atoms with Gasteiger partial charge in [0.25, 0.3) is 11.8 Å². The van der Waals surface area contributed by atoms with E-state index in [0.29, 0.717) is 11.8 Å². The molecule has 1 aromatic rings. The molecule has 2 aliphatic carbocycles. The van der Waals surface area contributed by atoms with Crippen molar-refractivity contribution in [2.75, 3.05) is 30.0 Å². The lowest BCUT2D eigenvalue weighted by molar-refractivity contribution is -0.137. The number of benzene rings is 1. The Labute approximate surface area is 195 Å². The van der Waals surface area contributed by atoms with Crippen molar-refractivity contribution in [2.24, 2.45) is 17.6 Å². The van der Waals surface area contributed by atoms with Crippen LogP contribution in [0, 0.1) is 11.8 Å². The van der Waals surface area contributed by atoms with Crippen molar-refractivity contribution >= 4 is 29.1 Å². The van der Waals surface area contributed by atoms with Gasteiger partial charge in [-0.15, -0.1) is 0 Å². The molecule has 3 amide bonds. The molecule has 2 saturated carbocycles. The Bertz CT molecular complexity index is 933. The van der Waals surface area contributed by atoms with Crippen LogP contribution in [0.5, 0.6) is 0 Å². The van der Waals surface area contributed by atoms with Crippen LogP contribution in [0.3, 0.4) is 0 Å². The monoisotopic (exact) mass is 482 g/mol. The number of alkyl halides is 3. The molecule has 1 saturated heterocycles. The zero-order chi connectivity index (χ0) is 24.5. The number of primary amides is 1. The molecule has 186 valence electrons. The first-order valence-corrected chi connectivity index (χ1v) is 11.6. The van der Waals surface area contributed by atoms with Crippen molar-refractivity contribution in [1.82, 2.24) is 5.32 Å². The normalized spacial score (nSPS) is 20.6. The fourth-order valence-corrected chi connectivity index (χ4v) is 4.77. The first-order valence-electron chi connectivity index (χ1n) is 11.6. The maximum atomic E-state index is 13.8. The number of morpholine rings is 1. The van der Waals surface area contributed by atoms with Crippen molar-refractivity contribution in [3.05, 3.63) is 23.8 Å². The summed E-state index contributed by atoms with van der Waals surface area (Å²) in [5, 5.41) is 5.31. The quantitative estimate of drug-likeness (QED) is 0.493. The molecule has 0 bridgehead atoms. The summed E-state index contributed by atoms with van der Waals surface area (Å²) in [6.07, 6.45) is 1.31. The maximum Gasteiger partial charge on any atom is 0.418 e. The summed E-state index contributed by atoms with van der Waals surface area (Å²) < 4.78 is 46.6. The van der Waals surface area contributed by atoms with Crippen molar-refractivity contribution in [3.63, 3.8) is 0 Å². The average molecular weight is 483 g/mol. The van der Waals surface area contributed by atoms with Crippen LogP contribution < -0.4 is 21.3 Å². The first kappa shape index (κ1) is 24.5. The van der Waals surface area contributed by atoms with Gasteiger partial charge >= 0.3 is 6.18 Å². The molecule has 11 heteroatoms. The van der Waals surface area contributed by atoms with Crippen molar-refractivity contribution in [3.8, 4) is 0 Å². The summed E-state index contributed by atoms with van der Waals surface area (Å²) in [6.45, 7) is 0.120. The Morgan fingerprint density at radius 1 is 1.12 bits per heavy atom. The van der Waals surface area contributed by atoms with E-state index in [2.05, 4.69) is 10.6 Å². The van der Waals surface area contributed by atoms with E-state index in [1.54, 1.807) is 0 Å². The van der Waals surface area contributed by atoms with Gasteiger partial charge < -0.3 is 20.7 Å². The largest absolute Gasteiger partial charge is 0.418 e. The molecule has 0 aromatic heterocycles. The Kier molecular flexibility index (Phi) is 7.13. The van der Waals surface area contributed by atoms with Crippen LogP contribution in [-0.4, -0.2) is 49.6 Å². The molecule has 1 atom stereocenters. The van der Waals surface area contributed by atoms with Crippen LogP contribution >= 0.6 is 0 Å². The highest BCUT2D eigenvalue weighted by Crippen LogP contribution is 2.41. The minimum absolute atomic E-state index is 0.0539. The first-order chi connectivity index (χ1) is 16.1. The summed E-state index contributed by atoms with van der Waals surface area (Å²) in [5.41, 5.74) is 3.92. The molecule has 1 heterocycles. The van der Waals surface area contributed by atoms with Gasteiger partial charge in [-0.05, 0) is 55.7 Å². The van der Waals surface area contributed by atoms with Crippen LogP contribution in [0.15, 0.2) is 18.2 Å². The lowest BCUT2D eigenvalue weighted by Gasteiger charge is -2.44. The SMILES string of the molecule is NC(=O)[C@@H](NC(C1CCC1)C1CCC1)C(=O)Nc1ccc(N2CCOCC2=O)cc1C(F)(F)F. The minimum atomic E-state index is -4.80. The number of carbonyl (C=O) groups is 3. The number of nitrogens with two attached hydrogens (primary N) is 1. The third-order valence-corrected chi connectivity index (χ3v) is 7.09. The van der Waals surface area contributed by atoms with Gasteiger partial charge in [0, 0.05) is 18.3 Å². The van der Waals surface area contributed by atoms with Crippen molar-refractivity contribution < 1.29 is 32.3 Å². The van der Waals surface area contributed by atoms with Crippen LogP contribution in [0.4, 0.5) is 24.5 Å². The second kappa shape index (κ2) is 9.91. The van der Waals surface area contributed by atoms with Crippen LogP contribution in [0.25, 0.3) is 0 Å². The number of rotatable bonds is 8. The van der Waals surface area contributed by atoms with Crippen LogP contribution in [-0.2, 0) is 25.3 Å². The molecular formula is C23H29F3N4O4.